The summed E-state index contributed by atoms with van der Waals surface area (Å²) >= 11 is 0. The second-order valence-corrected chi connectivity index (χ2v) is 8.01. The van der Waals surface area contributed by atoms with E-state index in [4.69, 9.17) is 4.74 Å². The van der Waals surface area contributed by atoms with Crippen molar-refractivity contribution in [3.63, 3.8) is 0 Å². The number of hydrogen-bond donors (Lipinski definition) is 1. The number of carbonyl (C=O) groups excluding carboxylic acids is 1. The standard InChI is InChI=1S/C20H32N2O2/c1-14-9-10-18(15(2)12-14)16(3)21-17-8-7-11-22(13-17)19(23)24-20(4,5)6/h9-10,12,16-17,21H,7-8,11,13H2,1-6H3. The van der Waals surface area contributed by atoms with Crippen LogP contribution in [0.3, 0.4) is 0 Å². The number of nitrogens with one attached hydrogen (secondary N) is 1. The minimum absolute atomic E-state index is 0.201. The molecular formula is C20H32N2O2. The summed E-state index contributed by atoms with van der Waals surface area (Å²) in [6.07, 6.45) is 1.90. The molecular weight excluding hydrogens is 300 g/mol. The molecule has 1 aliphatic rings. The lowest BCUT2D eigenvalue weighted by atomic mass is 9.98. The van der Waals surface area contributed by atoms with E-state index in [1.165, 1.54) is 16.7 Å². The van der Waals surface area contributed by atoms with E-state index in [0.29, 0.717) is 12.6 Å². The van der Waals surface area contributed by atoms with Gasteiger partial charge in [0.25, 0.3) is 0 Å². The fourth-order valence-corrected chi connectivity index (χ4v) is 3.36. The zero-order valence-corrected chi connectivity index (χ0v) is 16.0. The molecule has 1 heterocycles. The van der Waals surface area contributed by atoms with Crippen LogP contribution in [0, 0.1) is 13.8 Å². The number of piperidine rings is 1. The summed E-state index contributed by atoms with van der Waals surface area (Å²) in [4.78, 5) is 14.1. The van der Waals surface area contributed by atoms with Gasteiger partial charge in [0.05, 0.1) is 0 Å². The number of nitrogens with zero attached hydrogens (tertiary/aromatic N) is 1. The Hall–Kier alpha value is -1.55. The quantitative estimate of drug-likeness (QED) is 0.894. The average molecular weight is 332 g/mol. The van der Waals surface area contributed by atoms with Gasteiger partial charge in [-0.3, -0.25) is 0 Å². The molecule has 1 amide bonds. The number of hydrogen-bond acceptors (Lipinski definition) is 3. The first-order valence-electron chi connectivity index (χ1n) is 8.97. The molecule has 2 atom stereocenters. The number of ether oxygens (including phenoxy) is 1. The summed E-state index contributed by atoms with van der Waals surface area (Å²) in [5.74, 6) is 0. The molecule has 0 spiro atoms. The monoisotopic (exact) mass is 332 g/mol. The van der Waals surface area contributed by atoms with E-state index in [0.717, 1.165) is 19.4 Å². The topological polar surface area (TPSA) is 41.6 Å². The average Bonchev–Trinajstić information content (AvgIpc) is 2.45. The molecule has 0 bridgehead atoms. The van der Waals surface area contributed by atoms with Crippen molar-refractivity contribution in [2.24, 2.45) is 0 Å². The third-order valence-corrected chi connectivity index (χ3v) is 4.45. The van der Waals surface area contributed by atoms with Gasteiger partial charge in [-0.2, -0.15) is 0 Å². The summed E-state index contributed by atoms with van der Waals surface area (Å²) in [5.41, 5.74) is 3.49. The van der Waals surface area contributed by atoms with Crippen molar-refractivity contribution < 1.29 is 9.53 Å². The van der Waals surface area contributed by atoms with E-state index in [1.54, 1.807) is 0 Å². The van der Waals surface area contributed by atoms with E-state index in [2.05, 4.69) is 44.3 Å². The summed E-state index contributed by atoms with van der Waals surface area (Å²) in [6.45, 7) is 13.7. The highest BCUT2D eigenvalue weighted by Crippen LogP contribution is 2.22. The number of aryl methyl sites for hydroxylation is 2. The van der Waals surface area contributed by atoms with Gasteiger partial charge in [-0.05, 0) is 65.5 Å². The molecule has 1 fully saturated rings. The van der Waals surface area contributed by atoms with Gasteiger partial charge in [0.15, 0.2) is 0 Å². The van der Waals surface area contributed by atoms with Gasteiger partial charge < -0.3 is 15.0 Å². The highest BCUT2D eigenvalue weighted by atomic mass is 16.6. The predicted octanol–water partition coefficient (Wildman–Crippen LogP) is 4.35. The number of amides is 1. The Kier molecular flexibility index (Phi) is 5.92. The van der Waals surface area contributed by atoms with Gasteiger partial charge in [-0.15, -0.1) is 0 Å². The van der Waals surface area contributed by atoms with Gasteiger partial charge in [-0.25, -0.2) is 4.79 Å². The number of carbonyl (C=O) groups is 1. The van der Waals surface area contributed by atoms with Crippen molar-refractivity contribution in [3.8, 4) is 0 Å². The molecule has 2 rings (SSSR count). The molecule has 0 aliphatic carbocycles. The normalized spacial score (nSPS) is 19.9. The molecule has 0 aromatic heterocycles. The van der Waals surface area contributed by atoms with Crippen LogP contribution in [0.15, 0.2) is 18.2 Å². The van der Waals surface area contributed by atoms with E-state index < -0.39 is 5.60 Å². The smallest absolute Gasteiger partial charge is 0.410 e. The zero-order valence-electron chi connectivity index (χ0n) is 16.0. The second-order valence-electron chi connectivity index (χ2n) is 8.01. The highest BCUT2D eigenvalue weighted by Gasteiger charge is 2.28. The minimum atomic E-state index is -0.441. The summed E-state index contributed by atoms with van der Waals surface area (Å²) in [6, 6.07) is 7.17. The van der Waals surface area contributed by atoms with Gasteiger partial charge in [0.2, 0.25) is 0 Å². The first-order valence-corrected chi connectivity index (χ1v) is 8.97. The van der Waals surface area contributed by atoms with Crippen molar-refractivity contribution in [1.82, 2.24) is 10.2 Å². The van der Waals surface area contributed by atoms with Crippen LogP contribution in [-0.4, -0.2) is 35.7 Å². The number of rotatable bonds is 3. The molecule has 1 saturated heterocycles. The summed E-state index contributed by atoms with van der Waals surface area (Å²) in [7, 11) is 0. The van der Waals surface area contributed by atoms with Crippen molar-refractivity contribution in [2.75, 3.05) is 13.1 Å². The molecule has 1 aliphatic heterocycles. The Balaban J connectivity index is 1.96. The summed E-state index contributed by atoms with van der Waals surface area (Å²) in [5, 5.41) is 3.69. The molecule has 4 nitrogen and oxygen atoms in total. The van der Waals surface area contributed by atoms with E-state index in [-0.39, 0.29) is 12.1 Å². The van der Waals surface area contributed by atoms with Crippen LogP contribution in [0.2, 0.25) is 0 Å². The Labute approximate surface area is 146 Å². The van der Waals surface area contributed by atoms with Crippen LogP contribution < -0.4 is 5.32 Å². The Bertz CT molecular complexity index is 577. The van der Waals surface area contributed by atoms with Crippen LogP contribution in [0.1, 0.15) is 63.3 Å². The lowest BCUT2D eigenvalue weighted by Gasteiger charge is -2.36. The third-order valence-electron chi connectivity index (χ3n) is 4.45. The fourth-order valence-electron chi connectivity index (χ4n) is 3.36. The Morgan fingerprint density at radius 2 is 2.04 bits per heavy atom. The molecule has 1 N–H and O–H groups in total. The zero-order chi connectivity index (χ0) is 17.9. The van der Waals surface area contributed by atoms with E-state index in [9.17, 15) is 4.79 Å². The van der Waals surface area contributed by atoms with Gasteiger partial charge in [0.1, 0.15) is 5.60 Å². The molecule has 24 heavy (non-hydrogen) atoms. The van der Waals surface area contributed by atoms with Crippen LogP contribution in [0.4, 0.5) is 4.79 Å². The summed E-state index contributed by atoms with van der Waals surface area (Å²) < 4.78 is 5.51. The lowest BCUT2D eigenvalue weighted by Crippen LogP contribution is -2.49. The van der Waals surface area contributed by atoms with Crippen LogP contribution in [0.5, 0.6) is 0 Å². The lowest BCUT2D eigenvalue weighted by molar-refractivity contribution is 0.0184. The maximum Gasteiger partial charge on any atom is 0.410 e. The Morgan fingerprint density at radius 3 is 2.67 bits per heavy atom. The molecule has 4 heteroatoms. The SMILES string of the molecule is Cc1ccc(C(C)NC2CCCN(C(=O)OC(C)(C)C)C2)c(C)c1. The molecule has 0 radical (unpaired) electrons. The van der Waals surface area contributed by atoms with Crippen LogP contribution >= 0.6 is 0 Å². The van der Waals surface area contributed by atoms with E-state index >= 15 is 0 Å². The predicted molar refractivity (Wildman–Crippen MR) is 98.3 cm³/mol. The number of likely N-dealkylation sites (tertiary alicyclic amines) is 1. The van der Waals surface area contributed by atoms with Crippen molar-refractivity contribution in [1.29, 1.82) is 0 Å². The molecule has 0 saturated carbocycles. The van der Waals surface area contributed by atoms with Crippen molar-refractivity contribution >= 4 is 6.09 Å². The maximum absolute atomic E-state index is 12.3. The molecule has 2 unspecified atom stereocenters. The fraction of sp³-hybridized carbons (Fsp3) is 0.650. The molecule has 134 valence electrons. The van der Waals surface area contributed by atoms with Gasteiger partial charge in [-0.1, -0.05) is 23.8 Å². The van der Waals surface area contributed by atoms with E-state index in [1.807, 2.05) is 25.7 Å². The van der Waals surface area contributed by atoms with Crippen molar-refractivity contribution in [2.45, 2.75) is 72.1 Å². The van der Waals surface area contributed by atoms with Gasteiger partial charge >= 0.3 is 6.09 Å². The van der Waals surface area contributed by atoms with Crippen molar-refractivity contribution in [3.05, 3.63) is 34.9 Å². The second kappa shape index (κ2) is 7.56. The molecule has 1 aromatic carbocycles. The largest absolute Gasteiger partial charge is 0.444 e. The molecule has 1 aromatic rings. The van der Waals surface area contributed by atoms with Gasteiger partial charge in [0, 0.05) is 25.2 Å². The highest BCUT2D eigenvalue weighted by molar-refractivity contribution is 5.68. The first kappa shape index (κ1) is 18.8. The first-order chi connectivity index (χ1) is 11.2. The van der Waals surface area contributed by atoms with Crippen LogP contribution in [-0.2, 0) is 4.74 Å². The maximum atomic E-state index is 12.3. The Morgan fingerprint density at radius 1 is 1.33 bits per heavy atom. The number of benzene rings is 1. The third kappa shape index (κ3) is 5.23. The minimum Gasteiger partial charge on any atom is -0.444 e. The van der Waals surface area contributed by atoms with Crippen LogP contribution in [0.25, 0.3) is 0 Å².